The molecule has 84 valence electrons. The quantitative estimate of drug-likeness (QED) is 0.710. The number of carbonyl (C=O) groups excluding carboxylic acids is 1. The van der Waals surface area contributed by atoms with Crippen molar-refractivity contribution in [3.63, 3.8) is 0 Å². The summed E-state index contributed by atoms with van der Waals surface area (Å²) in [5, 5.41) is 0. The van der Waals surface area contributed by atoms with E-state index in [0.29, 0.717) is 6.61 Å². The predicted octanol–water partition coefficient (Wildman–Crippen LogP) is 1.95. The Balaban J connectivity index is 4.20. The van der Waals surface area contributed by atoms with Crippen molar-refractivity contribution in [3.8, 4) is 0 Å². The largest absolute Gasteiger partial charge is 0.464 e. The molecule has 0 amide bonds. The van der Waals surface area contributed by atoms with Gasteiger partial charge in [0, 0.05) is 5.41 Å². The Hall–Kier alpha value is -0.570. The molecule has 0 unspecified atom stereocenters. The first-order chi connectivity index (χ1) is 6.08. The highest BCUT2D eigenvalue weighted by Gasteiger charge is 2.34. The summed E-state index contributed by atoms with van der Waals surface area (Å²) in [6.45, 7) is 12.6. The van der Waals surface area contributed by atoms with Crippen LogP contribution < -0.4 is 5.73 Å². The second-order valence-corrected chi connectivity index (χ2v) is 5.53. The van der Waals surface area contributed by atoms with Gasteiger partial charge in [-0.1, -0.05) is 34.6 Å². The van der Waals surface area contributed by atoms with Crippen molar-refractivity contribution in [2.45, 2.75) is 47.6 Å². The van der Waals surface area contributed by atoms with Crippen molar-refractivity contribution < 1.29 is 9.53 Å². The van der Waals surface area contributed by atoms with Gasteiger partial charge in [-0.15, -0.1) is 0 Å². The van der Waals surface area contributed by atoms with Crippen LogP contribution in [0.15, 0.2) is 0 Å². The normalized spacial score (nSPS) is 15.1. The molecule has 0 heterocycles. The number of carbonyl (C=O) groups is 1. The minimum Gasteiger partial charge on any atom is -0.464 e. The summed E-state index contributed by atoms with van der Waals surface area (Å²) in [4.78, 5) is 11.2. The molecule has 0 saturated heterocycles. The summed E-state index contributed by atoms with van der Waals surface area (Å²) in [6, 6.07) is -0.536. The van der Waals surface area contributed by atoms with Crippen molar-refractivity contribution in [2.24, 2.45) is 16.6 Å². The zero-order valence-corrected chi connectivity index (χ0v) is 10.2. The number of rotatable bonds is 3. The Kier molecular flexibility index (Phi) is 4.13. The third-order valence-electron chi connectivity index (χ3n) is 2.98. The Morgan fingerprint density at radius 2 is 1.71 bits per heavy atom. The topological polar surface area (TPSA) is 52.3 Å². The minimum atomic E-state index is -0.536. The van der Waals surface area contributed by atoms with Crippen molar-refractivity contribution >= 4 is 5.97 Å². The van der Waals surface area contributed by atoms with Crippen molar-refractivity contribution in [3.05, 3.63) is 0 Å². The van der Waals surface area contributed by atoms with Crippen LogP contribution in [0.4, 0.5) is 0 Å². The average Bonchev–Trinajstić information content (AvgIpc) is 1.97. The summed E-state index contributed by atoms with van der Waals surface area (Å²) >= 11 is 0. The second-order valence-electron chi connectivity index (χ2n) is 5.53. The lowest BCUT2D eigenvalue weighted by molar-refractivity contribution is -0.150. The Labute approximate surface area is 87.0 Å². The van der Waals surface area contributed by atoms with Crippen LogP contribution in [0.5, 0.6) is 0 Å². The van der Waals surface area contributed by atoms with Gasteiger partial charge in [0.25, 0.3) is 0 Å². The van der Waals surface area contributed by atoms with Crippen LogP contribution in [-0.2, 0) is 9.53 Å². The predicted molar refractivity (Wildman–Crippen MR) is 57.8 cm³/mol. The van der Waals surface area contributed by atoms with Gasteiger partial charge in [0.1, 0.15) is 6.04 Å². The average molecular weight is 201 g/mol. The van der Waals surface area contributed by atoms with Crippen LogP contribution in [0.25, 0.3) is 0 Å². The monoisotopic (exact) mass is 201 g/mol. The van der Waals surface area contributed by atoms with Crippen LogP contribution in [-0.4, -0.2) is 18.6 Å². The maximum atomic E-state index is 11.2. The summed E-state index contributed by atoms with van der Waals surface area (Å²) in [7, 11) is 0. The molecule has 0 aromatic carbocycles. The fourth-order valence-corrected chi connectivity index (χ4v) is 0.600. The van der Waals surface area contributed by atoms with E-state index in [9.17, 15) is 4.79 Å². The lowest BCUT2D eigenvalue weighted by atomic mass is 9.70. The fourth-order valence-electron chi connectivity index (χ4n) is 0.600. The Bertz CT molecular complexity index is 202. The van der Waals surface area contributed by atoms with Gasteiger partial charge >= 0.3 is 5.97 Å². The fraction of sp³-hybridized carbons (Fsp3) is 0.909. The first kappa shape index (κ1) is 13.4. The van der Waals surface area contributed by atoms with Gasteiger partial charge in [-0.3, -0.25) is 4.79 Å². The highest BCUT2D eigenvalue weighted by Crippen LogP contribution is 2.37. The van der Waals surface area contributed by atoms with E-state index in [4.69, 9.17) is 10.5 Å². The van der Waals surface area contributed by atoms with Gasteiger partial charge in [0.15, 0.2) is 0 Å². The van der Waals surface area contributed by atoms with Crippen LogP contribution in [0, 0.1) is 10.8 Å². The standard InChI is InChI=1S/C11H23NO2/c1-8(12)9(13)14-7-11(5,6)10(2,3)4/h8H,7,12H2,1-6H3/t8-/m0/s1. The lowest BCUT2D eigenvalue weighted by Gasteiger charge is -2.38. The maximum Gasteiger partial charge on any atom is 0.322 e. The first-order valence-electron chi connectivity index (χ1n) is 5.00. The molecule has 0 aromatic heterocycles. The molecule has 3 nitrogen and oxygen atoms in total. The molecule has 0 aliphatic carbocycles. The van der Waals surface area contributed by atoms with Crippen molar-refractivity contribution in [2.75, 3.05) is 6.61 Å². The minimum absolute atomic E-state index is 0.0441. The number of hydrogen-bond acceptors (Lipinski definition) is 3. The van der Waals surface area contributed by atoms with E-state index < -0.39 is 6.04 Å². The summed E-state index contributed by atoms with van der Waals surface area (Å²) in [5.41, 5.74) is 5.46. The van der Waals surface area contributed by atoms with Gasteiger partial charge in [0.2, 0.25) is 0 Å². The van der Waals surface area contributed by atoms with Crippen molar-refractivity contribution in [1.29, 1.82) is 0 Å². The van der Waals surface area contributed by atoms with Crippen LogP contribution in [0.3, 0.4) is 0 Å². The van der Waals surface area contributed by atoms with Gasteiger partial charge < -0.3 is 10.5 Å². The van der Waals surface area contributed by atoms with Gasteiger partial charge in [0.05, 0.1) is 6.61 Å². The van der Waals surface area contributed by atoms with Crippen LogP contribution >= 0.6 is 0 Å². The van der Waals surface area contributed by atoms with Gasteiger partial charge in [-0.2, -0.15) is 0 Å². The molecular formula is C11H23NO2. The van der Waals surface area contributed by atoms with Crippen molar-refractivity contribution in [1.82, 2.24) is 0 Å². The number of ether oxygens (including phenoxy) is 1. The zero-order valence-electron chi connectivity index (χ0n) is 10.2. The van der Waals surface area contributed by atoms with Crippen LogP contribution in [0.1, 0.15) is 41.5 Å². The number of esters is 1. The second kappa shape index (κ2) is 4.30. The summed E-state index contributed by atoms with van der Waals surface area (Å²) in [6.07, 6.45) is 0. The molecule has 2 N–H and O–H groups in total. The number of nitrogens with two attached hydrogens (primary N) is 1. The molecule has 0 radical (unpaired) electrons. The molecule has 0 saturated carbocycles. The van der Waals surface area contributed by atoms with E-state index in [1.54, 1.807) is 6.92 Å². The smallest absolute Gasteiger partial charge is 0.322 e. The molecule has 0 aliphatic heterocycles. The molecule has 0 bridgehead atoms. The molecule has 0 spiro atoms. The Morgan fingerprint density at radius 3 is 2.00 bits per heavy atom. The van der Waals surface area contributed by atoms with E-state index in [-0.39, 0.29) is 16.8 Å². The van der Waals surface area contributed by atoms with E-state index >= 15 is 0 Å². The Morgan fingerprint density at radius 1 is 1.29 bits per heavy atom. The third kappa shape index (κ3) is 3.66. The maximum absolute atomic E-state index is 11.2. The molecule has 14 heavy (non-hydrogen) atoms. The molecule has 1 atom stereocenters. The first-order valence-corrected chi connectivity index (χ1v) is 5.00. The number of hydrogen-bond donors (Lipinski definition) is 1. The molecule has 3 heteroatoms. The van der Waals surface area contributed by atoms with Gasteiger partial charge in [-0.05, 0) is 12.3 Å². The molecule has 0 rings (SSSR count). The lowest BCUT2D eigenvalue weighted by Crippen LogP contribution is -2.38. The summed E-state index contributed by atoms with van der Waals surface area (Å²) < 4.78 is 5.13. The SMILES string of the molecule is C[C@H](N)C(=O)OCC(C)(C)C(C)(C)C. The van der Waals surface area contributed by atoms with E-state index in [2.05, 4.69) is 34.6 Å². The highest BCUT2D eigenvalue weighted by molar-refractivity contribution is 5.74. The van der Waals surface area contributed by atoms with Gasteiger partial charge in [-0.25, -0.2) is 0 Å². The van der Waals surface area contributed by atoms with E-state index in [0.717, 1.165) is 0 Å². The van der Waals surface area contributed by atoms with E-state index in [1.807, 2.05) is 0 Å². The molecular weight excluding hydrogens is 178 g/mol. The molecule has 0 aromatic rings. The molecule has 0 aliphatic rings. The molecule has 0 fully saturated rings. The summed E-state index contributed by atoms with van der Waals surface area (Å²) in [5.74, 6) is -0.331. The zero-order chi connectivity index (χ0) is 11.6. The van der Waals surface area contributed by atoms with E-state index in [1.165, 1.54) is 0 Å². The highest BCUT2D eigenvalue weighted by atomic mass is 16.5. The van der Waals surface area contributed by atoms with Crippen LogP contribution in [0.2, 0.25) is 0 Å². The third-order valence-corrected chi connectivity index (χ3v) is 2.98.